The van der Waals surface area contributed by atoms with Gasteiger partial charge in [0.15, 0.2) is 0 Å². The first-order valence-corrected chi connectivity index (χ1v) is 10.4. The second-order valence-corrected chi connectivity index (χ2v) is 7.14. The van der Waals surface area contributed by atoms with E-state index in [1.165, 1.54) is 88.5 Å². The summed E-state index contributed by atoms with van der Waals surface area (Å²) in [6.07, 6.45) is 18.7. The van der Waals surface area contributed by atoms with Crippen LogP contribution < -0.4 is 22.3 Å². The maximum Gasteiger partial charge on any atom is 0.246 e. The van der Waals surface area contributed by atoms with Crippen molar-refractivity contribution in [2.75, 3.05) is 23.0 Å². The molecule has 0 aliphatic heterocycles. The van der Waals surface area contributed by atoms with E-state index >= 15 is 0 Å². The predicted molar refractivity (Wildman–Crippen MR) is 110 cm³/mol. The van der Waals surface area contributed by atoms with E-state index < -0.39 is 0 Å². The second kappa shape index (κ2) is 14.5. The molecule has 0 aliphatic carbocycles. The smallest absolute Gasteiger partial charge is 0.246 e. The third kappa shape index (κ3) is 11.1. The summed E-state index contributed by atoms with van der Waals surface area (Å²) in [6, 6.07) is 0. The maximum absolute atomic E-state index is 5.95. The lowest BCUT2D eigenvalue weighted by Crippen LogP contribution is -2.34. The average Bonchev–Trinajstić information content (AvgIpc) is 2.61. The number of nitrogen functional groups attached to an aromatic ring is 2. The summed E-state index contributed by atoms with van der Waals surface area (Å²) < 4.78 is 0. The molecule has 6 N–H and O–H groups in total. The normalized spacial score (nSPS) is 11.0. The summed E-state index contributed by atoms with van der Waals surface area (Å²) in [5.41, 5.74) is 11.1. The molecule has 0 spiro atoms. The third-order valence-electron chi connectivity index (χ3n) is 4.67. The molecule has 26 heavy (non-hydrogen) atoms. The molecule has 1 aromatic heterocycles. The lowest BCUT2D eigenvalue weighted by Gasteiger charge is -2.16. The van der Waals surface area contributed by atoms with Gasteiger partial charge in [-0.2, -0.15) is 15.0 Å². The molecule has 150 valence electrons. The fraction of sp³-hybridized carbons (Fsp3) is 0.842. The molecule has 0 bridgehead atoms. The molecular weight excluding hydrogens is 326 g/mol. The Hall–Kier alpha value is -1.63. The number of nitrogens with zero attached hydrogens (tertiary/aromatic N) is 4. The van der Waals surface area contributed by atoms with E-state index in [1.54, 1.807) is 0 Å². The highest BCUT2D eigenvalue weighted by atomic mass is 15.5. The highest BCUT2D eigenvalue weighted by Gasteiger charge is 2.07. The van der Waals surface area contributed by atoms with Crippen molar-refractivity contribution in [3.8, 4) is 0 Å². The zero-order valence-corrected chi connectivity index (χ0v) is 16.6. The van der Waals surface area contributed by atoms with E-state index in [0.29, 0.717) is 12.5 Å². The minimum absolute atomic E-state index is 0.101. The molecule has 1 aromatic rings. The number of nitrogens with two attached hydrogens (primary N) is 3. The standard InChI is InChI=1S/C19H39N7/c1-2-3-4-5-6-7-8-9-10-11-12-13-14-15-16-26(22)19-24-17(20)23-18(21)25-19/h2-16,22H2,1H3,(H4,20,21,23,24,25). The van der Waals surface area contributed by atoms with Gasteiger partial charge in [0.05, 0.1) is 0 Å². The van der Waals surface area contributed by atoms with Gasteiger partial charge in [0.1, 0.15) is 0 Å². The molecule has 1 heterocycles. The number of anilines is 3. The van der Waals surface area contributed by atoms with Crippen LogP contribution in [0.2, 0.25) is 0 Å². The number of aromatic nitrogens is 3. The number of hydrogen-bond donors (Lipinski definition) is 3. The summed E-state index contributed by atoms with van der Waals surface area (Å²) in [6.45, 7) is 2.97. The van der Waals surface area contributed by atoms with Crippen LogP contribution in [0, 0.1) is 0 Å². The number of hydrazine groups is 1. The first-order valence-electron chi connectivity index (χ1n) is 10.4. The molecule has 0 atom stereocenters. The SMILES string of the molecule is CCCCCCCCCCCCCCCCN(N)c1nc(N)nc(N)n1. The fourth-order valence-corrected chi connectivity index (χ4v) is 3.10. The summed E-state index contributed by atoms with van der Waals surface area (Å²) >= 11 is 0. The van der Waals surface area contributed by atoms with E-state index in [1.807, 2.05) is 0 Å². The summed E-state index contributed by atoms with van der Waals surface area (Å²) in [5.74, 6) is 6.49. The van der Waals surface area contributed by atoms with Crippen LogP contribution in [0.4, 0.5) is 17.8 Å². The Bertz CT molecular complexity index is 447. The van der Waals surface area contributed by atoms with Gasteiger partial charge in [0, 0.05) is 6.54 Å². The van der Waals surface area contributed by atoms with Crippen LogP contribution in [-0.2, 0) is 0 Å². The van der Waals surface area contributed by atoms with Gasteiger partial charge < -0.3 is 11.5 Å². The number of unbranched alkanes of at least 4 members (excludes halogenated alkanes) is 13. The summed E-state index contributed by atoms with van der Waals surface area (Å²) in [4.78, 5) is 11.7. The Balaban J connectivity index is 1.90. The van der Waals surface area contributed by atoms with Crippen molar-refractivity contribution in [2.45, 2.75) is 96.8 Å². The zero-order chi connectivity index (χ0) is 19.0. The van der Waals surface area contributed by atoms with Crippen LogP contribution in [0.3, 0.4) is 0 Å². The fourth-order valence-electron chi connectivity index (χ4n) is 3.10. The van der Waals surface area contributed by atoms with Gasteiger partial charge in [-0.15, -0.1) is 0 Å². The molecule has 0 amide bonds. The molecule has 0 saturated heterocycles. The van der Waals surface area contributed by atoms with Gasteiger partial charge in [0.2, 0.25) is 17.8 Å². The summed E-state index contributed by atoms with van der Waals surface area (Å²) in [7, 11) is 0. The van der Waals surface area contributed by atoms with Crippen LogP contribution in [-0.4, -0.2) is 21.5 Å². The lowest BCUT2D eigenvalue weighted by molar-refractivity contribution is 0.534. The Morgan fingerprint density at radius 2 is 1.00 bits per heavy atom. The lowest BCUT2D eigenvalue weighted by atomic mass is 10.0. The van der Waals surface area contributed by atoms with Crippen LogP contribution in [0.15, 0.2) is 0 Å². The molecule has 0 saturated carbocycles. The van der Waals surface area contributed by atoms with E-state index in [4.69, 9.17) is 17.3 Å². The zero-order valence-electron chi connectivity index (χ0n) is 16.6. The first kappa shape index (κ1) is 22.4. The number of rotatable bonds is 16. The largest absolute Gasteiger partial charge is 0.368 e. The minimum Gasteiger partial charge on any atom is -0.368 e. The highest BCUT2D eigenvalue weighted by Crippen LogP contribution is 2.13. The Morgan fingerprint density at radius 3 is 1.42 bits per heavy atom. The van der Waals surface area contributed by atoms with Crippen molar-refractivity contribution in [1.82, 2.24) is 15.0 Å². The van der Waals surface area contributed by atoms with Crippen LogP contribution >= 0.6 is 0 Å². The van der Waals surface area contributed by atoms with Crippen molar-refractivity contribution in [3.05, 3.63) is 0 Å². The molecule has 0 radical (unpaired) electrons. The van der Waals surface area contributed by atoms with Crippen LogP contribution in [0.25, 0.3) is 0 Å². The maximum atomic E-state index is 5.95. The Kier molecular flexibility index (Phi) is 12.5. The monoisotopic (exact) mass is 365 g/mol. The van der Waals surface area contributed by atoms with Gasteiger partial charge in [-0.05, 0) is 6.42 Å². The molecule has 0 fully saturated rings. The minimum atomic E-state index is 0.101. The molecule has 0 aromatic carbocycles. The molecule has 0 aliphatic rings. The molecule has 0 unspecified atom stereocenters. The Labute approximate surface area is 159 Å². The van der Waals surface area contributed by atoms with Gasteiger partial charge in [-0.3, -0.25) is 5.01 Å². The quantitative estimate of drug-likeness (QED) is 0.228. The molecule has 1 rings (SSSR count). The van der Waals surface area contributed by atoms with Gasteiger partial charge in [-0.1, -0.05) is 90.4 Å². The first-order chi connectivity index (χ1) is 12.6. The van der Waals surface area contributed by atoms with Gasteiger partial charge >= 0.3 is 0 Å². The van der Waals surface area contributed by atoms with Crippen molar-refractivity contribution < 1.29 is 0 Å². The van der Waals surface area contributed by atoms with Crippen LogP contribution in [0.5, 0.6) is 0 Å². The number of hydrogen-bond acceptors (Lipinski definition) is 7. The van der Waals surface area contributed by atoms with Crippen molar-refractivity contribution in [3.63, 3.8) is 0 Å². The highest BCUT2D eigenvalue weighted by molar-refractivity contribution is 5.38. The Morgan fingerprint density at radius 1 is 0.615 bits per heavy atom. The van der Waals surface area contributed by atoms with Gasteiger partial charge in [0.25, 0.3) is 0 Å². The molecule has 7 heteroatoms. The van der Waals surface area contributed by atoms with E-state index in [2.05, 4.69) is 21.9 Å². The second-order valence-electron chi connectivity index (χ2n) is 7.14. The topological polar surface area (TPSA) is 120 Å². The summed E-state index contributed by atoms with van der Waals surface area (Å²) in [5, 5.41) is 1.49. The van der Waals surface area contributed by atoms with Crippen molar-refractivity contribution >= 4 is 17.8 Å². The van der Waals surface area contributed by atoms with E-state index in [-0.39, 0.29) is 11.9 Å². The van der Waals surface area contributed by atoms with E-state index in [9.17, 15) is 0 Å². The van der Waals surface area contributed by atoms with Crippen LogP contribution in [0.1, 0.15) is 96.8 Å². The van der Waals surface area contributed by atoms with Crippen molar-refractivity contribution in [1.29, 1.82) is 0 Å². The molecular formula is C19H39N7. The average molecular weight is 366 g/mol. The van der Waals surface area contributed by atoms with E-state index in [0.717, 1.165) is 6.42 Å². The van der Waals surface area contributed by atoms with Crippen molar-refractivity contribution in [2.24, 2.45) is 5.84 Å². The third-order valence-corrected chi connectivity index (χ3v) is 4.67. The van der Waals surface area contributed by atoms with Gasteiger partial charge in [-0.25, -0.2) is 5.84 Å². The predicted octanol–water partition coefficient (Wildman–Crippen LogP) is 4.20. The molecule has 7 nitrogen and oxygen atoms in total.